The number of anilines is 4. The minimum absolute atomic E-state index is 0.0528. The standard InChI is InChI=1S/C19H25FN2O4S.C19H25FN2O3S/c1-14(23)4-6-16-13-22(19(24)26-16)15-5-7-18(17(20)12-15)21-8-2-10-27(25)11-3-9-21;1-14(23)4-6-16-13-22(19(24)25-16)15-5-7-18(17(20)12-15)21-8-2-10-26-11-3-9-21/h5,7,12,16H,2-4,6,8-11,13H2,1H3;5,7,12,16H,2-4,6,8-11,13H2,1H3/t2*16-/m00/s1. The molecular weight excluding hydrogens is 727 g/mol. The second-order valence-electron chi connectivity index (χ2n) is 13.8. The zero-order chi connectivity index (χ0) is 37.9. The minimum atomic E-state index is -0.763. The third kappa shape index (κ3) is 11.6. The minimum Gasteiger partial charge on any atom is -0.444 e. The predicted octanol–water partition coefficient (Wildman–Crippen LogP) is 6.72. The summed E-state index contributed by atoms with van der Waals surface area (Å²) in [5, 5.41) is 0. The van der Waals surface area contributed by atoms with Crippen molar-refractivity contribution >= 4 is 69.1 Å². The van der Waals surface area contributed by atoms with E-state index in [4.69, 9.17) is 9.47 Å². The fourth-order valence-corrected chi connectivity index (χ4v) is 8.77. The molecule has 0 spiro atoms. The number of amides is 2. The third-order valence-corrected chi connectivity index (χ3v) is 12.2. The van der Waals surface area contributed by atoms with Crippen LogP contribution in [0.4, 0.5) is 41.1 Å². The molecule has 53 heavy (non-hydrogen) atoms. The normalized spacial score (nSPS) is 21.5. The molecule has 290 valence electrons. The number of hydrogen-bond donors (Lipinski definition) is 0. The number of thioether (sulfide) groups is 1. The highest BCUT2D eigenvalue weighted by molar-refractivity contribution is 7.99. The fourth-order valence-electron chi connectivity index (χ4n) is 6.79. The first kappa shape index (κ1) is 40.5. The molecule has 4 heterocycles. The van der Waals surface area contributed by atoms with Gasteiger partial charge in [0.15, 0.2) is 0 Å². The number of cyclic esters (lactones) is 2. The Bertz CT molecular complexity index is 1630. The molecule has 4 aliphatic heterocycles. The maximum atomic E-state index is 14.8. The molecular formula is C38H50F2N4O7S2. The molecule has 4 saturated heterocycles. The van der Waals surface area contributed by atoms with Gasteiger partial charge in [0.25, 0.3) is 0 Å². The molecule has 0 radical (unpaired) electrons. The molecule has 2 aromatic carbocycles. The molecule has 2 atom stereocenters. The molecule has 4 fully saturated rings. The number of carbonyl (C=O) groups is 4. The smallest absolute Gasteiger partial charge is 0.414 e. The second kappa shape index (κ2) is 19.6. The van der Waals surface area contributed by atoms with Crippen LogP contribution in [-0.4, -0.2) is 102 Å². The Morgan fingerprint density at radius 2 is 1.13 bits per heavy atom. The van der Waals surface area contributed by atoms with E-state index in [1.54, 1.807) is 24.3 Å². The number of rotatable bonds is 10. The highest BCUT2D eigenvalue weighted by atomic mass is 32.2. The first-order chi connectivity index (χ1) is 25.5. The van der Waals surface area contributed by atoms with Gasteiger partial charge in [-0.2, -0.15) is 11.8 Å². The van der Waals surface area contributed by atoms with Crippen LogP contribution < -0.4 is 19.6 Å². The summed E-state index contributed by atoms with van der Waals surface area (Å²) in [7, 11) is -0.763. The summed E-state index contributed by atoms with van der Waals surface area (Å²) >= 11 is 1.96. The van der Waals surface area contributed by atoms with Crippen LogP contribution in [-0.2, 0) is 29.9 Å². The van der Waals surface area contributed by atoms with Gasteiger partial charge in [-0.05, 0) is 100 Å². The summed E-state index contributed by atoms with van der Waals surface area (Å²) in [4.78, 5) is 53.3. The number of nitrogens with zero attached hydrogens (tertiary/aromatic N) is 4. The van der Waals surface area contributed by atoms with Crippen molar-refractivity contribution in [3.05, 3.63) is 48.0 Å². The lowest BCUT2D eigenvalue weighted by Gasteiger charge is -2.27. The summed E-state index contributed by atoms with van der Waals surface area (Å²) in [6.07, 6.45) is 3.69. The number of halogens is 2. The van der Waals surface area contributed by atoms with Crippen LogP contribution in [0.2, 0.25) is 0 Å². The molecule has 0 aliphatic carbocycles. The molecule has 0 bridgehead atoms. The second-order valence-corrected chi connectivity index (χ2v) is 16.8. The monoisotopic (exact) mass is 776 g/mol. The van der Waals surface area contributed by atoms with Gasteiger partial charge >= 0.3 is 12.2 Å². The van der Waals surface area contributed by atoms with Crippen molar-refractivity contribution in [3.63, 3.8) is 0 Å². The summed E-state index contributed by atoms with van der Waals surface area (Å²) < 4.78 is 51.7. The highest BCUT2D eigenvalue weighted by Gasteiger charge is 2.34. The molecule has 2 amide bonds. The summed E-state index contributed by atoms with van der Waals surface area (Å²) in [6.45, 7) is 6.73. The number of hydrogen-bond acceptors (Lipinski definition) is 10. The Hall–Kier alpha value is -3.72. The van der Waals surface area contributed by atoms with Crippen LogP contribution in [0.15, 0.2) is 36.4 Å². The Labute approximate surface area is 317 Å². The first-order valence-electron chi connectivity index (χ1n) is 18.5. The Morgan fingerprint density at radius 1 is 0.717 bits per heavy atom. The number of Topliss-reactive ketones (excluding diaryl/α,β-unsaturated/α-hetero) is 2. The Kier molecular flexibility index (Phi) is 14.9. The van der Waals surface area contributed by atoms with E-state index in [1.165, 1.54) is 35.8 Å². The first-order valence-corrected chi connectivity index (χ1v) is 21.1. The van der Waals surface area contributed by atoms with E-state index in [0.29, 0.717) is 86.1 Å². The number of ketones is 2. The van der Waals surface area contributed by atoms with E-state index in [2.05, 4.69) is 4.90 Å². The van der Waals surface area contributed by atoms with Gasteiger partial charge in [0.05, 0.1) is 35.8 Å². The van der Waals surface area contributed by atoms with Crippen molar-refractivity contribution in [2.45, 2.75) is 77.4 Å². The van der Waals surface area contributed by atoms with Crippen molar-refractivity contribution in [2.75, 3.05) is 81.9 Å². The van der Waals surface area contributed by atoms with Crippen molar-refractivity contribution in [1.29, 1.82) is 0 Å². The van der Waals surface area contributed by atoms with E-state index in [1.807, 2.05) is 16.7 Å². The molecule has 4 aliphatic rings. The predicted molar refractivity (Wildman–Crippen MR) is 206 cm³/mol. The van der Waals surface area contributed by atoms with Crippen molar-refractivity contribution in [2.24, 2.45) is 0 Å². The van der Waals surface area contributed by atoms with Gasteiger partial charge < -0.3 is 28.9 Å². The number of carbonyl (C=O) groups excluding carboxylic acids is 4. The topological polar surface area (TPSA) is 117 Å². The van der Waals surface area contributed by atoms with Crippen LogP contribution in [0.3, 0.4) is 0 Å². The maximum Gasteiger partial charge on any atom is 0.414 e. The van der Waals surface area contributed by atoms with Crippen molar-refractivity contribution in [1.82, 2.24) is 0 Å². The maximum absolute atomic E-state index is 14.8. The average Bonchev–Trinajstić information content (AvgIpc) is 3.66. The van der Waals surface area contributed by atoms with Crippen molar-refractivity contribution in [3.8, 4) is 0 Å². The summed E-state index contributed by atoms with van der Waals surface area (Å²) in [5.41, 5.74) is 2.07. The van der Waals surface area contributed by atoms with Crippen LogP contribution >= 0.6 is 11.8 Å². The largest absolute Gasteiger partial charge is 0.444 e. The molecule has 15 heteroatoms. The van der Waals surface area contributed by atoms with Crippen LogP contribution in [0, 0.1) is 11.6 Å². The number of ether oxygens (including phenoxy) is 2. The molecule has 2 aromatic rings. The molecule has 0 unspecified atom stereocenters. The van der Waals surface area contributed by atoms with E-state index < -0.39 is 23.0 Å². The molecule has 6 rings (SSSR count). The third-order valence-electron chi connectivity index (χ3n) is 9.59. The zero-order valence-corrected chi connectivity index (χ0v) is 32.2. The Balaban J connectivity index is 0.000000204. The van der Waals surface area contributed by atoms with E-state index in [-0.39, 0.29) is 35.4 Å². The van der Waals surface area contributed by atoms with Gasteiger partial charge in [-0.25, -0.2) is 18.4 Å². The highest BCUT2D eigenvalue weighted by Crippen LogP contribution is 2.31. The molecule has 11 nitrogen and oxygen atoms in total. The summed E-state index contributed by atoms with van der Waals surface area (Å²) in [6, 6.07) is 9.73. The molecule has 0 aromatic heterocycles. The lowest BCUT2D eigenvalue weighted by Crippen LogP contribution is -2.31. The Morgan fingerprint density at radius 3 is 1.53 bits per heavy atom. The SMILES string of the molecule is CC(=O)CC[C@H]1CN(c2ccc(N3CCCS(=O)CCC3)c(F)c2)C(=O)O1.CC(=O)CC[C@H]1CN(c2ccc(N3CCCSCCC3)c(F)c2)C(=O)O1. The van der Waals surface area contributed by atoms with E-state index >= 15 is 0 Å². The van der Waals surface area contributed by atoms with Gasteiger partial charge in [-0.1, -0.05) is 0 Å². The van der Waals surface area contributed by atoms with Gasteiger partial charge in [-0.15, -0.1) is 0 Å². The van der Waals surface area contributed by atoms with Gasteiger partial charge in [0, 0.05) is 61.3 Å². The van der Waals surface area contributed by atoms with E-state index in [9.17, 15) is 32.2 Å². The van der Waals surface area contributed by atoms with Gasteiger partial charge in [0.1, 0.15) is 35.4 Å². The van der Waals surface area contributed by atoms with Crippen molar-refractivity contribution < 1.29 is 41.6 Å². The quantitative estimate of drug-likeness (QED) is 0.258. The fraction of sp³-hybridized carbons (Fsp3) is 0.579. The van der Waals surface area contributed by atoms with Crippen LogP contribution in [0.25, 0.3) is 0 Å². The summed E-state index contributed by atoms with van der Waals surface area (Å²) in [5.74, 6) is 2.95. The van der Waals surface area contributed by atoms with Gasteiger partial charge in [-0.3, -0.25) is 14.0 Å². The van der Waals surface area contributed by atoms with Crippen LogP contribution in [0.5, 0.6) is 0 Å². The molecule has 0 N–H and O–H groups in total. The lowest BCUT2D eigenvalue weighted by molar-refractivity contribution is -0.118. The molecule has 0 saturated carbocycles. The zero-order valence-electron chi connectivity index (χ0n) is 30.6. The van der Waals surface area contributed by atoms with Crippen LogP contribution in [0.1, 0.15) is 65.2 Å². The average molecular weight is 777 g/mol. The lowest BCUT2D eigenvalue weighted by atomic mass is 10.1. The number of benzene rings is 2. The van der Waals surface area contributed by atoms with Gasteiger partial charge in [0.2, 0.25) is 0 Å². The van der Waals surface area contributed by atoms with E-state index in [0.717, 1.165) is 50.3 Å².